The number of hydrogen-bond donors (Lipinski definition) is 1. The Hall–Kier alpha value is -1.77. The molecule has 13 heavy (non-hydrogen) atoms. The van der Waals surface area contributed by atoms with Gasteiger partial charge in [0.05, 0.1) is 6.21 Å². The second-order valence-electron chi connectivity index (χ2n) is 2.74. The van der Waals surface area contributed by atoms with Crippen molar-refractivity contribution in [1.29, 1.82) is 0 Å². The lowest BCUT2D eigenvalue weighted by atomic mass is 10.2. The van der Waals surface area contributed by atoms with Crippen molar-refractivity contribution in [3.05, 3.63) is 36.0 Å². The monoisotopic (exact) mass is 174 g/mol. The zero-order valence-electron chi connectivity index (χ0n) is 7.32. The van der Waals surface area contributed by atoms with E-state index in [0.717, 1.165) is 11.1 Å². The molecule has 0 saturated heterocycles. The Bertz CT molecular complexity index is 431. The molecule has 66 valence electrons. The summed E-state index contributed by atoms with van der Waals surface area (Å²) in [4.78, 5) is 7.73. The van der Waals surface area contributed by atoms with Gasteiger partial charge in [0.2, 0.25) is 0 Å². The van der Waals surface area contributed by atoms with Crippen LogP contribution >= 0.6 is 0 Å². The molecule has 1 heterocycles. The Morgan fingerprint density at radius 1 is 1.38 bits per heavy atom. The van der Waals surface area contributed by atoms with Crippen molar-refractivity contribution in [2.75, 3.05) is 7.11 Å². The molecule has 2 aromatic rings. The third kappa shape index (κ3) is 1.54. The molecule has 0 spiro atoms. The van der Waals surface area contributed by atoms with Gasteiger partial charge in [0.25, 0.3) is 0 Å². The number of nitrogens with zero attached hydrogens (tertiary/aromatic N) is 1. The molecular weight excluding hydrogens is 164 g/mol. The molecule has 0 unspecified atom stereocenters. The van der Waals surface area contributed by atoms with Gasteiger partial charge in [-0.25, -0.2) is 0 Å². The minimum atomic E-state index is 1.02. The quantitative estimate of drug-likeness (QED) is 0.549. The van der Waals surface area contributed by atoms with Crippen molar-refractivity contribution in [2.24, 2.45) is 5.16 Å². The summed E-state index contributed by atoms with van der Waals surface area (Å²) in [5.74, 6) is 0. The van der Waals surface area contributed by atoms with Gasteiger partial charge in [-0.15, -0.1) is 0 Å². The van der Waals surface area contributed by atoms with Crippen LogP contribution in [0.1, 0.15) is 5.56 Å². The Kier molecular flexibility index (Phi) is 2.00. The van der Waals surface area contributed by atoms with Gasteiger partial charge in [-0.2, -0.15) is 0 Å². The fourth-order valence-electron chi connectivity index (χ4n) is 1.26. The number of aromatic amines is 1. The summed E-state index contributed by atoms with van der Waals surface area (Å²) in [6.07, 6.45) is 3.60. The lowest BCUT2D eigenvalue weighted by Crippen LogP contribution is -1.81. The number of oxime groups is 1. The van der Waals surface area contributed by atoms with Gasteiger partial charge < -0.3 is 9.82 Å². The van der Waals surface area contributed by atoms with E-state index in [9.17, 15) is 0 Å². The van der Waals surface area contributed by atoms with Crippen LogP contribution in [-0.4, -0.2) is 18.3 Å². The summed E-state index contributed by atoms with van der Waals surface area (Å²) in [5.41, 5.74) is 2.14. The number of rotatable bonds is 2. The molecule has 0 aliphatic heterocycles. The standard InChI is InChI=1S/C10H10N2O/c1-13-12-7-8-2-3-9-4-5-11-10(9)6-8/h2-7,11H,1H3/b12-7+. The normalized spacial score (nSPS) is 11.2. The summed E-state index contributed by atoms with van der Waals surface area (Å²) in [6, 6.07) is 8.10. The van der Waals surface area contributed by atoms with Gasteiger partial charge in [-0.3, -0.25) is 0 Å². The topological polar surface area (TPSA) is 37.4 Å². The minimum Gasteiger partial charge on any atom is -0.399 e. The Morgan fingerprint density at radius 3 is 3.15 bits per heavy atom. The zero-order chi connectivity index (χ0) is 9.10. The van der Waals surface area contributed by atoms with E-state index in [2.05, 4.69) is 15.0 Å². The average molecular weight is 174 g/mol. The van der Waals surface area contributed by atoms with E-state index in [1.165, 1.54) is 12.5 Å². The molecule has 1 aromatic heterocycles. The van der Waals surface area contributed by atoms with E-state index in [1.54, 1.807) is 6.21 Å². The number of hydrogen-bond acceptors (Lipinski definition) is 2. The second-order valence-corrected chi connectivity index (χ2v) is 2.74. The van der Waals surface area contributed by atoms with Gasteiger partial charge in [0, 0.05) is 11.7 Å². The molecular formula is C10H10N2O. The Labute approximate surface area is 76.0 Å². The number of benzene rings is 1. The molecule has 0 atom stereocenters. The van der Waals surface area contributed by atoms with Crippen LogP contribution in [0.25, 0.3) is 10.9 Å². The molecule has 0 amide bonds. The summed E-state index contributed by atoms with van der Waals surface area (Å²) in [7, 11) is 1.53. The van der Waals surface area contributed by atoms with Crippen LogP contribution in [0.3, 0.4) is 0 Å². The number of H-pyrrole nitrogens is 1. The van der Waals surface area contributed by atoms with Crippen molar-refractivity contribution in [1.82, 2.24) is 4.98 Å². The van der Waals surface area contributed by atoms with Crippen molar-refractivity contribution in [3.8, 4) is 0 Å². The maximum absolute atomic E-state index is 4.60. The van der Waals surface area contributed by atoms with Crippen molar-refractivity contribution in [3.63, 3.8) is 0 Å². The lowest BCUT2D eigenvalue weighted by molar-refractivity contribution is 0.215. The largest absolute Gasteiger partial charge is 0.399 e. The molecule has 0 bridgehead atoms. The molecule has 0 saturated carbocycles. The van der Waals surface area contributed by atoms with Crippen LogP contribution in [0.4, 0.5) is 0 Å². The summed E-state index contributed by atoms with van der Waals surface area (Å²) in [6.45, 7) is 0. The average Bonchev–Trinajstić information content (AvgIpc) is 2.61. The summed E-state index contributed by atoms with van der Waals surface area (Å²) >= 11 is 0. The number of aromatic nitrogens is 1. The smallest absolute Gasteiger partial charge is 0.106 e. The second kappa shape index (κ2) is 3.31. The van der Waals surface area contributed by atoms with Crippen molar-refractivity contribution < 1.29 is 4.84 Å². The van der Waals surface area contributed by atoms with E-state index in [4.69, 9.17) is 0 Å². The van der Waals surface area contributed by atoms with Crippen LogP contribution < -0.4 is 0 Å². The highest BCUT2D eigenvalue weighted by atomic mass is 16.6. The zero-order valence-corrected chi connectivity index (χ0v) is 7.32. The van der Waals surface area contributed by atoms with Gasteiger partial charge in [0.1, 0.15) is 7.11 Å². The Balaban J connectivity index is 2.42. The van der Waals surface area contributed by atoms with Crippen LogP contribution in [0, 0.1) is 0 Å². The van der Waals surface area contributed by atoms with Gasteiger partial charge in [-0.1, -0.05) is 17.3 Å². The first-order valence-corrected chi connectivity index (χ1v) is 4.04. The van der Waals surface area contributed by atoms with Crippen molar-refractivity contribution in [2.45, 2.75) is 0 Å². The van der Waals surface area contributed by atoms with Gasteiger partial charge in [0.15, 0.2) is 0 Å². The van der Waals surface area contributed by atoms with Gasteiger partial charge >= 0.3 is 0 Å². The van der Waals surface area contributed by atoms with E-state index in [0.29, 0.717) is 0 Å². The maximum Gasteiger partial charge on any atom is 0.106 e. The molecule has 3 nitrogen and oxygen atoms in total. The third-order valence-corrected chi connectivity index (χ3v) is 1.89. The number of nitrogens with one attached hydrogen (secondary N) is 1. The minimum absolute atomic E-state index is 1.02. The number of fused-ring (bicyclic) bond motifs is 1. The molecule has 2 rings (SSSR count). The summed E-state index contributed by atoms with van der Waals surface area (Å²) in [5, 5.41) is 4.90. The van der Waals surface area contributed by atoms with Crippen molar-refractivity contribution >= 4 is 17.1 Å². The highest BCUT2D eigenvalue weighted by molar-refractivity contribution is 5.88. The predicted molar refractivity (Wildman–Crippen MR) is 52.9 cm³/mol. The highest BCUT2D eigenvalue weighted by Gasteiger charge is 1.94. The molecule has 3 heteroatoms. The molecule has 0 aliphatic rings. The molecule has 1 aromatic carbocycles. The SMILES string of the molecule is CO/N=C/c1ccc2cc[nH]c2c1. The first-order valence-electron chi connectivity index (χ1n) is 4.04. The fraction of sp³-hybridized carbons (Fsp3) is 0.100. The molecule has 0 radical (unpaired) electrons. The van der Waals surface area contributed by atoms with Crippen LogP contribution in [0.2, 0.25) is 0 Å². The van der Waals surface area contributed by atoms with E-state index in [-0.39, 0.29) is 0 Å². The first kappa shape index (κ1) is 7.86. The van der Waals surface area contributed by atoms with E-state index >= 15 is 0 Å². The summed E-state index contributed by atoms with van der Waals surface area (Å²) < 4.78 is 0. The lowest BCUT2D eigenvalue weighted by Gasteiger charge is -1.93. The van der Waals surface area contributed by atoms with E-state index < -0.39 is 0 Å². The van der Waals surface area contributed by atoms with Crippen LogP contribution in [0.5, 0.6) is 0 Å². The van der Waals surface area contributed by atoms with Gasteiger partial charge in [-0.05, 0) is 23.1 Å². The first-order chi connectivity index (χ1) is 6.40. The molecule has 1 N–H and O–H groups in total. The Morgan fingerprint density at radius 2 is 2.31 bits per heavy atom. The molecule has 0 fully saturated rings. The third-order valence-electron chi connectivity index (χ3n) is 1.89. The highest BCUT2D eigenvalue weighted by Crippen LogP contribution is 2.12. The fourth-order valence-corrected chi connectivity index (χ4v) is 1.26. The predicted octanol–water partition coefficient (Wildman–Crippen LogP) is 2.15. The molecule has 0 aliphatic carbocycles. The van der Waals surface area contributed by atoms with Crippen LogP contribution in [0.15, 0.2) is 35.6 Å². The maximum atomic E-state index is 4.60. The van der Waals surface area contributed by atoms with E-state index in [1.807, 2.05) is 30.5 Å². The van der Waals surface area contributed by atoms with Crippen LogP contribution in [-0.2, 0) is 4.84 Å².